The van der Waals surface area contributed by atoms with E-state index in [0.29, 0.717) is 6.04 Å². The van der Waals surface area contributed by atoms with Gasteiger partial charge in [0.25, 0.3) is 0 Å². The smallest absolute Gasteiger partial charge is 0.0501 e. The number of halogens is 2. The molecule has 1 heterocycles. The van der Waals surface area contributed by atoms with E-state index in [1.165, 1.54) is 24.3 Å². The highest BCUT2D eigenvalue weighted by atomic mass is 79.9. The van der Waals surface area contributed by atoms with Gasteiger partial charge in [-0.2, -0.15) is 11.8 Å². The molecule has 1 aromatic rings. The fraction of sp³-hybridized carbons (Fsp3) is 0.455. The summed E-state index contributed by atoms with van der Waals surface area (Å²) in [6.45, 7) is 0. The van der Waals surface area contributed by atoms with Gasteiger partial charge in [0.1, 0.15) is 0 Å². The van der Waals surface area contributed by atoms with Crippen LogP contribution in [0.2, 0.25) is 5.02 Å². The van der Waals surface area contributed by atoms with Crippen molar-refractivity contribution in [2.24, 2.45) is 0 Å². The first-order chi connectivity index (χ1) is 7.25. The Morgan fingerprint density at radius 2 is 2.07 bits per heavy atom. The van der Waals surface area contributed by atoms with Crippen LogP contribution in [0.3, 0.4) is 0 Å². The van der Waals surface area contributed by atoms with Crippen molar-refractivity contribution in [2.75, 3.05) is 16.8 Å². The first-order valence-corrected chi connectivity index (χ1v) is 7.37. The summed E-state index contributed by atoms with van der Waals surface area (Å²) in [7, 11) is 0. The molecule has 1 aliphatic heterocycles. The number of hydrogen-bond acceptors (Lipinski definition) is 2. The van der Waals surface area contributed by atoms with E-state index in [2.05, 4.69) is 21.2 Å². The largest absolute Gasteiger partial charge is 0.381 e. The van der Waals surface area contributed by atoms with Crippen LogP contribution in [0, 0.1) is 0 Å². The highest BCUT2D eigenvalue weighted by Gasteiger charge is 2.14. The van der Waals surface area contributed by atoms with Gasteiger partial charge >= 0.3 is 0 Å². The average molecular weight is 307 g/mol. The van der Waals surface area contributed by atoms with Crippen LogP contribution in [0.5, 0.6) is 0 Å². The van der Waals surface area contributed by atoms with Crippen LogP contribution in [0.15, 0.2) is 22.7 Å². The maximum atomic E-state index is 5.97. The molecule has 1 fully saturated rings. The van der Waals surface area contributed by atoms with Gasteiger partial charge < -0.3 is 5.32 Å². The minimum absolute atomic E-state index is 0.598. The second-order valence-electron chi connectivity index (χ2n) is 3.66. The Morgan fingerprint density at radius 1 is 1.33 bits per heavy atom. The van der Waals surface area contributed by atoms with Crippen molar-refractivity contribution in [1.29, 1.82) is 0 Å². The summed E-state index contributed by atoms with van der Waals surface area (Å²) >= 11 is 11.5. The number of thioether (sulfide) groups is 1. The van der Waals surface area contributed by atoms with Gasteiger partial charge in [0, 0.05) is 15.5 Å². The van der Waals surface area contributed by atoms with Crippen LogP contribution in [0.1, 0.15) is 12.8 Å². The molecule has 0 atom stereocenters. The Kier molecular flexibility index (Phi) is 4.23. The predicted octanol–water partition coefficient (Wildman–Crippen LogP) is 4.41. The second-order valence-corrected chi connectivity index (χ2v) is 6.17. The number of benzene rings is 1. The normalized spacial score (nSPS) is 17.7. The molecule has 1 nitrogen and oxygen atoms in total. The summed E-state index contributed by atoms with van der Waals surface area (Å²) < 4.78 is 1.09. The summed E-state index contributed by atoms with van der Waals surface area (Å²) in [6, 6.07) is 6.46. The molecular weight excluding hydrogens is 294 g/mol. The molecule has 0 radical (unpaired) electrons. The van der Waals surface area contributed by atoms with Crippen LogP contribution in [0.25, 0.3) is 0 Å². The fourth-order valence-corrected chi connectivity index (χ4v) is 3.31. The van der Waals surface area contributed by atoms with Gasteiger partial charge in [-0.15, -0.1) is 0 Å². The molecule has 2 rings (SSSR count). The monoisotopic (exact) mass is 305 g/mol. The Bertz CT molecular complexity index is 339. The highest BCUT2D eigenvalue weighted by molar-refractivity contribution is 9.10. The fourth-order valence-electron chi connectivity index (χ4n) is 1.67. The maximum Gasteiger partial charge on any atom is 0.0501 e. The Balaban J connectivity index is 2.05. The highest BCUT2D eigenvalue weighted by Crippen LogP contribution is 2.28. The van der Waals surface area contributed by atoms with Crippen molar-refractivity contribution in [2.45, 2.75) is 18.9 Å². The molecule has 15 heavy (non-hydrogen) atoms. The molecule has 0 aliphatic carbocycles. The standard InChI is InChI=1S/C11H13BrClNS/c12-10-2-1-8(13)7-11(10)14-9-3-5-15-6-4-9/h1-2,7,9,14H,3-6H2. The minimum atomic E-state index is 0.598. The summed E-state index contributed by atoms with van der Waals surface area (Å²) in [4.78, 5) is 0. The van der Waals surface area contributed by atoms with Gasteiger partial charge in [-0.3, -0.25) is 0 Å². The number of rotatable bonds is 2. The van der Waals surface area contributed by atoms with Crippen LogP contribution in [-0.2, 0) is 0 Å². The molecule has 1 aromatic carbocycles. The average Bonchev–Trinajstić information content (AvgIpc) is 2.25. The lowest BCUT2D eigenvalue weighted by Crippen LogP contribution is -2.24. The zero-order chi connectivity index (χ0) is 10.7. The molecular formula is C11H13BrClNS. The van der Waals surface area contributed by atoms with Gasteiger partial charge in [0.15, 0.2) is 0 Å². The number of anilines is 1. The minimum Gasteiger partial charge on any atom is -0.381 e. The lowest BCUT2D eigenvalue weighted by molar-refractivity contribution is 0.666. The Morgan fingerprint density at radius 3 is 2.80 bits per heavy atom. The van der Waals surface area contributed by atoms with Crippen molar-refractivity contribution < 1.29 is 0 Å². The van der Waals surface area contributed by atoms with Crippen molar-refractivity contribution in [3.63, 3.8) is 0 Å². The van der Waals surface area contributed by atoms with Crippen molar-refractivity contribution in [3.8, 4) is 0 Å². The zero-order valence-corrected chi connectivity index (χ0v) is 11.5. The molecule has 0 unspecified atom stereocenters. The third-order valence-electron chi connectivity index (χ3n) is 2.51. The second kappa shape index (κ2) is 5.46. The molecule has 0 saturated carbocycles. The van der Waals surface area contributed by atoms with Gasteiger partial charge in [-0.05, 0) is 58.5 Å². The quantitative estimate of drug-likeness (QED) is 0.868. The van der Waals surface area contributed by atoms with Gasteiger partial charge in [0.05, 0.1) is 5.69 Å². The molecule has 82 valence electrons. The Labute approximate surface area is 108 Å². The predicted molar refractivity (Wildman–Crippen MR) is 73.1 cm³/mol. The molecule has 0 amide bonds. The first kappa shape index (κ1) is 11.6. The van der Waals surface area contributed by atoms with E-state index < -0.39 is 0 Å². The Hall–Kier alpha value is 0.140. The van der Waals surface area contributed by atoms with E-state index in [1.807, 2.05) is 30.0 Å². The van der Waals surface area contributed by atoms with Gasteiger partial charge in [0.2, 0.25) is 0 Å². The van der Waals surface area contributed by atoms with Gasteiger partial charge in [-0.1, -0.05) is 11.6 Å². The van der Waals surface area contributed by atoms with Crippen LogP contribution >= 0.6 is 39.3 Å². The molecule has 0 bridgehead atoms. The third kappa shape index (κ3) is 3.30. The zero-order valence-electron chi connectivity index (χ0n) is 8.30. The lowest BCUT2D eigenvalue weighted by atomic mass is 10.1. The van der Waals surface area contributed by atoms with Crippen LogP contribution < -0.4 is 5.32 Å². The molecule has 1 saturated heterocycles. The molecule has 0 spiro atoms. The number of hydrogen-bond donors (Lipinski definition) is 1. The summed E-state index contributed by atoms with van der Waals surface area (Å²) in [6.07, 6.45) is 2.48. The van der Waals surface area contributed by atoms with E-state index in [4.69, 9.17) is 11.6 Å². The van der Waals surface area contributed by atoms with E-state index >= 15 is 0 Å². The first-order valence-electron chi connectivity index (χ1n) is 5.05. The molecule has 0 aromatic heterocycles. The lowest BCUT2D eigenvalue weighted by Gasteiger charge is -2.24. The summed E-state index contributed by atoms with van der Waals surface area (Å²) in [5.74, 6) is 2.52. The molecule has 1 aliphatic rings. The van der Waals surface area contributed by atoms with E-state index in [-0.39, 0.29) is 0 Å². The topological polar surface area (TPSA) is 12.0 Å². The third-order valence-corrected chi connectivity index (χ3v) is 4.48. The number of nitrogens with one attached hydrogen (secondary N) is 1. The summed E-state index contributed by atoms with van der Waals surface area (Å²) in [5, 5.41) is 4.33. The molecule has 1 N–H and O–H groups in total. The van der Waals surface area contributed by atoms with E-state index in [9.17, 15) is 0 Å². The van der Waals surface area contributed by atoms with Crippen molar-refractivity contribution in [1.82, 2.24) is 0 Å². The van der Waals surface area contributed by atoms with Crippen LogP contribution in [-0.4, -0.2) is 17.5 Å². The SMILES string of the molecule is Clc1ccc(Br)c(NC2CCSCC2)c1. The van der Waals surface area contributed by atoms with E-state index in [1.54, 1.807) is 0 Å². The van der Waals surface area contributed by atoms with Crippen LogP contribution in [0.4, 0.5) is 5.69 Å². The molecule has 4 heteroatoms. The van der Waals surface area contributed by atoms with E-state index in [0.717, 1.165) is 15.2 Å². The maximum absolute atomic E-state index is 5.97. The van der Waals surface area contributed by atoms with Gasteiger partial charge in [-0.25, -0.2) is 0 Å². The van der Waals surface area contributed by atoms with Crippen molar-refractivity contribution >= 4 is 45.0 Å². The summed E-state index contributed by atoms with van der Waals surface area (Å²) in [5.41, 5.74) is 1.11. The van der Waals surface area contributed by atoms with Crippen molar-refractivity contribution in [3.05, 3.63) is 27.7 Å².